The lowest BCUT2D eigenvalue weighted by atomic mass is 10.1. The molecular formula is C15H11N3O3. The van der Waals surface area contributed by atoms with Gasteiger partial charge in [-0.3, -0.25) is 9.89 Å². The van der Waals surface area contributed by atoms with Crippen LogP contribution in [0.2, 0.25) is 0 Å². The Kier molecular flexibility index (Phi) is 3.34. The maximum absolute atomic E-state index is 11.9. The molecule has 0 aliphatic heterocycles. The van der Waals surface area contributed by atoms with Crippen molar-refractivity contribution in [3.8, 4) is 11.3 Å². The minimum absolute atomic E-state index is 0.0614. The normalized spacial score (nSPS) is 11.5. The van der Waals surface area contributed by atoms with Gasteiger partial charge >= 0.3 is 0 Å². The molecule has 0 fully saturated rings. The van der Waals surface area contributed by atoms with E-state index >= 15 is 0 Å². The molecule has 0 unspecified atom stereocenters. The van der Waals surface area contributed by atoms with Gasteiger partial charge in [-0.25, -0.2) is 4.98 Å². The lowest BCUT2D eigenvalue weighted by molar-refractivity contribution is 0.103. The largest absolute Gasteiger partial charge is 0.507 e. The zero-order chi connectivity index (χ0) is 14.7. The van der Waals surface area contributed by atoms with Crippen molar-refractivity contribution >= 4 is 11.5 Å². The van der Waals surface area contributed by atoms with Crippen LogP contribution >= 0.6 is 0 Å². The molecule has 3 rings (SSSR count). The Hall–Kier alpha value is -3.15. The van der Waals surface area contributed by atoms with Gasteiger partial charge in [0, 0.05) is 11.6 Å². The van der Waals surface area contributed by atoms with Crippen LogP contribution in [0.15, 0.2) is 59.5 Å². The number of hydrogen-bond acceptors (Lipinski definition) is 5. The topological polar surface area (TPSA) is 92.0 Å². The number of nitrogens with zero attached hydrogens (tertiary/aromatic N) is 2. The second-order valence-corrected chi connectivity index (χ2v) is 4.26. The number of aliphatic hydroxyl groups excluding tert-OH is 1. The molecule has 21 heavy (non-hydrogen) atoms. The fourth-order valence-electron chi connectivity index (χ4n) is 1.92. The van der Waals surface area contributed by atoms with Crippen molar-refractivity contribution in [2.24, 2.45) is 0 Å². The first-order valence-electron chi connectivity index (χ1n) is 6.19. The van der Waals surface area contributed by atoms with Crippen molar-refractivity contribution < 1.29 is 14.3 Å². The number of ketones is 1. The summed E-state index contributed by atoms with van der Waals surface area (Å²) in [5, 5.41) is 16.2. The number of nitrogens with one attached hydrogen (secondary N) is 1. The van der Waals surface area contributed by atoms with Gasteiger partial charge in [-0.05, 0) is 6.07 Å². The van der Waals surface area contributed by atoms with Crippen molar-refractivity contribution in [2.75, 3.05) is 0 Å². The predicted molar refractivity (Wildman–Crippen MR) is 75.5 cm³/mol. The second kappa shape index (κ2) is 5.46. The van der Waals surface area contributed by atoms with E-state index in [-0.39, 0.29) is 11.6 Å². The number of H-pyrrole nitrogens is 1. The standard InChI is InChI=1S/C15H11N3O3/c19-12(8-13(20)15-16-9-17-18-15)11-6-7-21-14(11)10-4-2-1-3-5-10/h1-9,19H,(H,16,17,18). The maximum Gasteiger partial charge on any atom is 0.226 e. The van der Waals surface area contributed by atoms with Crippen LogP contribution in [0, 0.1) is 0 Å². The number of carbonyl (C=O) groups is 1. The van der Waals surface area contributed by atoms with Gasteiger partial charge in [0.05, 0.1) is 11.8 Å². The summed E-state index contributed by atoms with van der Waals surface area (Å²) in [6.45, 7) is 0. The summed E-state index contributed by atoms with van der Waals surface area (Å²) in [4.78, 5) is 15.6. The van der Waals surface area contributed by atoms with E-state index in [0.717, 1.165) is 11.6 Å². The molecular weight excluding hydrogens is 270 g/mol. The van der Waals surface area contributed by atoms with E-state index in [1.807, 2.05) is 30.3 Å². The molecule has 0 saturated carbocycles. The molecule has 0 aliphatic carbocycles. The lowest BCUT2D eigenvalue weighted by Gasteiger charge is -2.01. The highest BCUT2D eigenvalue weighted by Gasteiger charge is 2.15. The van der Waals surface area contributed by atoms with E-state index in [0.29, 0.717) is 11.3 Å². The molecule has 2 N–H and O–H groups in total. The average Bonchev–Trinajstić information content (AvgIpc) is 3.19. The van der Waals surface area contributed by atoms with Gasteiger partial charge in [0.1, 0.15) is 17.8 Å². The molecule has 6 heteroatoms. The van der Waals surface area contributed by atoms with Crippen LogP contribution in [0.25, 0.3) is 17.1 Å². The molecule has 0 bridgehead atoms. The van der Waals surface area contributed by atoms with Crippen molar-refractivity contribution in [3.05, 3.63) is 66.5 Å². The molecule has 3 aromatic rings. The molecule has 0 atom stereocenters. The maximum atomic E-state index is 11.9. The second-order valence-electron chi connectivity index (χ2n) is 4.26. The first-order valence-corrected chi connectivity index (χ1v) is 6.19. The van der Waals surface area contributed by atoms with Crippen LogP contribution < -0.4 is 0 Å². The Morgan fingerprint density at radius 3 is 2.76 bits per heavy atom. The quantitative estimate of drug-likeness (QED) is 0.436. The molecule has 0 aliphatic rings. The van der Waals surface area contributed by atoms with E-state index in [2.05, 4.69) is 15.2 Å². The van der Waals surface area contributed by atoms with Gasteiger partial charge < -0.3 is 9.52 Å². The molecule has 0 saturated heterocycles. The highest BCUT2D eigenvalue weighted by atomic mass is 16.3. The Morgan fingerprint density at radius 1 is 1.24 bits per heavy atom. The Bertz CT molecular complexity index is 774. The highest BCUT2D eigenvalue weighted by Crippen LogP contribution is 2.28. The van der Waals surface area contributed by atoms with E-state index in [4.69, 9.17) is 4.42 Å². The third-order valence-electron chi connectivity index (χ3n) is 2.89. The van der Waals surface area contributed by atoms with Crippen LogP contribution in [0.4, 0.5) is 0 Å². The van der Waals surface area contributed by atoms with Crippen LogP contribution in [-0.2, 0) is 0 Å². The predicted octanol–water partition coefficient (Wildman–Crippen LogP) is 2.85. The number of benzene rings is 1. The Balaban J connectivity index is 1.95. The van der Waals surface area contributed by atoms with E-state index in [1.165, 1.54) is 12.6 Å². The van der Waals surface area contributed by atoms with Gasteiger partial charge in [0.25, 0.3) is 0 Å². The van der Waals surface area contributed by atoms with Crippen molar-refractivity contribution in [3.63, 3.8) is 0 Å². The third kappa shape index (κ3) is 2.59. The van der Waals surface area contributed by atoms with Gasteiger partial charge in [0.2, 0.25) is 5.78 Å². The first kappa shape index (κ1) is 12.9. The summed E-state index contributed by atoms with van der Waals surface area (Å²) >= 11 is 0. The van der Waals surface area contributed by atoms with E-state index in [1.54, 1.807) is 6.07 Å². The zero-order valence-electron chi connectivity index (χ0n) is 10.9. The summed E-state index contributed by atoms with van der Waals surface area (Å²) in [6, 6.07) is 10.9. The number of rotatable bonds is 4. The number of aromatic nitrogens is 3. The number of aliphatic hydroxyl groups is 1. The molecule has 104 valence electrons. The fraction of sp³-hybridized carbons (Fsp3) is 0. The summed E-state index contributed by atoms with van der Waals surface area (Å²) < 4.78 is 5.40. The number of furan rings is 1. The van der Waals surface area contributed by atoms with Gasteiger partial charge in [-0.1, -0.05) is 30.3 Å². The molecule has 2 aromatic heterocycles. The average molecular weight is 281 g/mol. The number of carbonyl (C=O) groups excluding carboxylic acids is 1. The number of aromatic amines is 1. The molecule has 0 spiro atoms. The van der Waals surface area contributed by atoms with Crippen LogP contribution in [0.3, 0.4) is 0 Å². The van der Waals surface area contributed by atoms with Crippen LogP contribution in [0.1, 0.15) is 16.2 Å². The third-order valence-corrected chi connectivity index (χ3v) is 2.89. The summed E-state index contributed by atoms with van der Waals surface area (Å²) in [5.41, 5.74) is 1.25. The smallest absolute Gasteiger partial charge is 0.226 e. The molecule has 1 aromatic carbocycles. The monoisotopic (exact) mass is 281 g/mol. The van der Waals surface area contributed by atoms with E-state index in [9.17, 15) is 9.90 Å². The summed E-state index contributed by atoms with van der Waals surface area (Å²) in [6.07, 6.45) is 3.77. The molecule has 0 amide bonds. The fourth-order valence-corrected chi connectivity index (χ4v) is 1.92. The van der Waals surface area contributed by atoms with Crippen molar-refractivity contribution in [1.82, 2.24) is 15.2 Å². The first-order chi connectivity index (χ1) is 10.3. The minimum atomic E-state index is -0.467. The Morgan fingerprint density at radius 2 is 2.05 bits per heavy atom. The van der Waals surface area contributed by atoms with Gasteiger partial charge in [-0.2, -0.15) is 5.10 Å². The minimum Gasteiger partial charge on any atom is -0.507 e. The van der Waals surface area contributed by atoms with Gasteiger partial charge in [-0.15, -0.1) is 0 Å². The highest BCUT2D eigenvalue weighted by molar-refractivity contribution is 6.05. The van der Waals surface area contributed by atoms with Crippen molar-refractivity contribution in [2.45, 2.75) is 0 Å². The van der Waals surface area contributed by atoms with Crippen LogP contribution in [-0.4, -0.2) is 26.1 Å². The lowest BCUT2D eigenvalue weighted by Crippen LogP contribution is -1.99. The number of allylic oxidation sites excluding steroid dienone is 1. The van der Waals surface area contributed by atoms with Crippen molar-refractivity contribution in [1.29, 1.82) is 0 Å². The Labute approximate surface area is 119 Å². The molecule has 2 heterocycles. The molecule has 6 nitrogen and oxygen atoms in total. The SMILES string of the molecule is O=C(C=C(O)c1ccoc1-c1ccccc1)c1ncn[nH]1. The summed E-state index contributed by atoms with van der Waals surface area (Å²) in [7, 11) is 0. The van der Waals surface area contributed by atoms with E-state index < -0.39 is 5.78 Å². The molecule has 0 radical (unpaired) electrons. The van der Waals surface area contributed by atoms with Gasteiger partial charge in [0.15, 0.2) is 5.82 Å². The summed E-state index contributed by atoms with van der Waals surface area (Å²) in [5.74, 6) is -0.102. The van der Waals surface area contributed by atoms with Crippen LogP contribution in [0.5, 0.6) is 0 Å². The number of hydrogen-bond donors (Lipinski definition) is 2. The zero-order valence-corrected chi connectivity index (χ0v) is 10.9.